The molecule has 2 rings (SSSR count). The molecule has 2 N–H and O–H groups in total. The van der Waals surface area contributed by atoms with Gasteiger partial charge in [0.25, 0.3) is 0 Å². The van der Waals surface area contributed by atoms with Gasteiger partial charge >= 0.3 is 0 Å². The van der Waals surface area contributed by atoms with Gasteiger partial charge in [0.1, 0.15) is 5.82 Å². The number of nitrogens with one attached hydrogen (secondary N) is 2. The average Bonchev–Trinajstić information content (AvgIpc) is 2.72. The third kappa shape index (κ3) is 2.47. The van der Waals surface area contributed by atoms with Gasteiger partial charge in [-0.05, 0) is 24.3 Å². The Bertz CT molecular complexity index is 442. The summed E-state index contributed by atoms with van der Waals surface area (Å²) >= 11 is 5.75. The van der Waals surface area contributed by atoms with E-state index in [9.17, 15) is 4.39 Å². The second-order valence-electron chi connectivity index (χ2n) is 3.06. The summed E-state index contributed by atoms with van der Waals surface area (Å²) in [5.74, 6) is -0.320. The molecule has 0 saturated heterocycles. The average molecular weight is 226 g/mol. The number of halogens is 2. The molecular formula is C10H9ClFN3. The monoisotopic (exact) mass is 225 g/mol. The smallest absolute Gasteiger partial charge is 0.146 e. The molecule has 0 fully saturated rings. The van der Waals surface area contributed by atoms with Crippen molar-refractivity contribution in [3.05, 3.63) is 47.0 Å². The van der Waals surface area contributed by atoms with E-state index < -0.39 is 0 Å². The lowest BCUT2D eigenvalue weighted by Gasteiger charge is -2.06. The summed E-state index contributed by atoms with van der Waals surface area (Å²) < 4.78 is 13.3. The van der Waals surface area contributed by atoms with E-state index in [1.807, 2.05) is 6.07 Å². The van der Waals surface area contributed by atoms with Crippen molar-refractivity contribution in [2.75, 3.05) is 5.32 Å². The number of anilines is 1. The van der Waals surface area contributed by atoms with Crippen LogP contribution in [0.25, 0.3) is 0 Å². The number of hydrogen-bond donors (Lipinski definition) is 2. The van der Waals surface area contributed by atoms with Gasteiger partial charge < -0.3 is 5.32 Å². The van der Waals surface area contributed by atoms with Gasteiger partial charge in [0, 0.05) is 11.2 Å². The standard InChI is InChI=1S/C10H9ClFN3/c11-7-1-2-9(12)10(5-7)13-6-8-3-4-14-15-8/h1-5,13H,6H2,(H,14,15). The zero-order valence-electron chi connectivity index (χ0n) is 7.80. The maximum absolute atomic E-state index is 13.3. The molecule has 1 aromatic carbocycles. The summed E-state index contributed by atoms with van der Waals surface area (Å²) in [6.07, 6.45) is 1.64. The normalized spacial score (nSPS) is 10.3. The molecule has 0 saturated carbocycles. The molecule has 0 aliphatic carbocycles. The summed E-state index contributed by atoms with van der Waals surface area (Å²) in [6, 6.07) is 6.21. The highest BCUT2D eigenvalue weighted by Gasteiger charge is 2.02. The number of nitrogens with zero attached hydrogens (tertiary/aromatic N) is 1. The number of benzene rings is 1. The molecular weight excluding hydrogens is 217 g/mol. The van der Waals surface area contributed by atoms with Gasteiger partial charge in [-0.25, -0.2) is 4.39 Å². The van der Waals surface area contributed by atoms with E-state index in [1.165, 1.54) is 12.1 Å². The maximum atomic E-state index is 13.3. The van der Waals surface area contributed by atoms with E-state index in [1.54, 1.807) is 12.3 Å². The van der Waals surface area contributed by atoms with Crippen LogP contribution >= 0.6 is 11.6 Å². The third-order valence-electron chi connectivity index (χ3n) is 1.96. The summed E-state index contributed by atoms with van der Waals surface area (Å²) in [5.41, 5.74) is 1.27. The summed E-state index contributed by atoms with van der Waals surface area (Å²) in [5, 5.41) is 9.99. The molecule has 0 unspecified atom stereocenters. The first-order valence-corrected chi connectivity index (χ1v) is 4.80. The first-order chi connectivity index (χ1) is 7.25. The molecule has 3 nitrogen and oxygen atoms in total. The van der Waals surface area contributed by atoms with Crippen LogP contribution in [0.4, 0.5) is 10.1 Å². The molecule has 0 aliphatic rings. The predicted molar refractivity (Wildman–Crippen MR) is 57.3 cm³/mol. The number of hydrogen-bond acceptors (Lipinski definition) is 2. The van der Waals surface area contributed by atoms with Gasteiger partial charge in [-0.3, -0.25) is 5.10 Å². The van der Waals surface area contributed by atoms with Crippen LogP contribution in [0, 0.1) is 5.82 Å². The lowest BCUT2D eigenvalue weighted by Crippen LogP contribution is -2.01. The maximum Gasteiger partial charge on any atom is 0.146 e. The quantitative estimate of drug-likeness (QED) is 0.843. The Hall–Kier alpha value is -1.55. The predicted octanol–water partition coefficient (Wildman–Crippen LogP) is 2.81. The SMILES string of the molecule is Fc1ccc(Cl)cc1NCc1ccn[nH]1. The Kier molecular flexibility index (Phi) is 2.87. The molecule has 78 valence electrons. The molecule has 0 atom stereocenters. The molecule has 0 aliphatic heterocycles. The van der Waals surface area contributed by atoms with Crippen LogP contribution in [0.2, 0.25) is 5.02 Å². The lowest BCUT2D eigenvalue weighted by atomic mass is 10.3. The highest BCUT2D eigenvalue weighted by Crippen LogP contribution is 2.19. The van der Waals surface area contributed by atoms with E-state index in [0.29, 0.717) is 17.3 Å². The zero-order valence-corrected chi connectivity index (χ0v) is 8.55. The van der Waals surface area contributed by atoms with Crippen LogP contribution in [-0.2, 0) is 6.54 Å². The Balaban J connectivity index is 2.07. The molecule has 5 heteroatoms. The third-order valence-corrected chi connectivity index (χ3v) is 2.19. The largest absolute Gasteiger partial charge is 0.377 e. The molecule has 1 aromatic heterocycles. The van der Waals surface area contributed by atoms with Crippen molar-refractivity contribution in [2.45, 2.75) is 6.54 Å². The minimum atomic E-state index is -0.320. The van der Waals surface area contributed by atoms with Crippen molar-refractivity contribution in [3.63, 3.8) is 0 Å². The highest BCUT2D eigenvalue weighted by atomic mass is 35.5. The topological polar surface area (TPSA) is 40.7 Å². The number of aromatic nitrogens is 2. The van der Waals surface area contributed by atoms with E-state index in [0.717, 1.165) is 5.69 Å². The molecule has 1 heterocycles. The van der Waals surface area contributed by atoms with Gasteiger partial charge in [-0.2, -0.15) is 5.10 Å². The Labute approximate surface area is 91.3 Å². The minimum Gasteiger partial charge on any atom is -0.377 e. The van der Waals surface area contributed by atoms with Crippen molar-refractivity contribution >= 4 is 17.3 Å². The Morgan fingerprint density at radius 3 is 3.00 bits per heavy atom. The first kappa shape index (κ1) is 9.98. The van der Waals surface area contributed by atoms with Gasteiger partial charge in [0.15, 0.2) is 0 Å². The van der Waals surface area contributed by atoms with Gasteiger partial charge in [-0.15, -0.1) is 0 Å². The number of aromatic amines is 1. The van der Waals surface area contributed by atoms with Crippen LogP contribution in [-0.4, -0.2) is 10.2 Å². The van der Waals surface area contributed by atoms with Gasteiger partial charge in [-0.1, -0.05) is 11.6 Å². The van der Waals surface area contributed by atoms with Crippen LogP contribution < -0.4 is 5.32 Å². The second kappa shape index (κ2) is 4.31. The fourth-order valence-corrected chi connectivity index (χ4v) is 1.38. The van der Waals surface area contributed by atoms with Crippen LogP contribution in [0.5, 0.6) is 0 Å². The lowest BCUT2D eigenvalue weighted by molar-refractivity contribution is 0.630. The van der Waals surface area contributed by atoms with Crippen molar-refractivity contribution < 1.29 is 4.39 Å². The first-order valence-electron chi connectivity index (χ1n) is 4.43. The molecule has 2 aromatic rings. The molecule has 15 heavy (non-hydrogen) atoms. The zero-order chi connectivity index (χ0) is 10.7. The van der Waals surface area contributed by atoms with Crippen molar-refractivity contribution in [3.8, 4) is 0 Å². The Morgan fingerprint density at radius 1 is 1.40 bits per heavy atom. The van der Waals surface area contributed by atoms with Crippen molar-refractivity contribution in [1.82, 2.24) is 10.2 Å². The van der Waals surface area contributed by atoms with Crippen molar-refractivity contribution in [2.24, 2.45) is 0 Å². The van der Waals surface area contributed by atoms with Crippen LogP contribution in [0.1, 0.15) is 5.69 Å². The molecule has 0 bridgehead atoms. The summed E-state index contributed by atoms with van der Waals surface area (Å²) in [7, 11) is 0. The highest BCUT2D eigenvalue weighted by molar-refractivity contribution is 6.30. The fourth-order valence-electron chi connectivity index (χ4n) is 1.21. The Morgan fingerprint density at radius 2 is 2.27 bits per heavy atom. The van der Waals surface area contributed by atoms with Crippen LogP contribution in [0.15, 0.2) is 30.5 Å². The fraction of sp³-hybridized carbons (Fsp3) is 0.100. The van der Waals surface area contributed by atoms with E-state index in [4.69, 9.17) is 11.6 Å². The molecule has 0 radical (unpaired) electrons. The minimum absolute atomic E-state index is 0.320. The second-order valence-corrected chi connectivity index (χ2v) is 3.50. The molecule has 0 amide bonds. The number of rotatable bonds is 3. The summed E-state index contributed by atoms with van der Waals surface area (Å²) in [4.78, 5) is 0. The van der Waals surface area contributed by atoms with E-state index >= 15 is 0 Å². The van der Waals surface area contributed by atoms with E-state index in [2.05, 4.69) is 15.5 Å². The van der Waals surface area contributed by atoms with Crippen LogP contribution in [0.3, 0.4) is 0 Å². The van der Waals surface area contributed by atoms with Crippen molar-refractivity contribution in [1.29, 1.82) is 0 Å². The van der Waals surface area contributed by atoms with Gasteiger partial charge in [0.05, 0.1) is 17.9 Å². The van der Waals surface area contributed by atoms with E-state index in [-0.39, 0.29) is 5.82 Å². The number of H-pyrrole nitrogens is 1. The summed E-state index contributed by atoms with van der Waals surface area (Å²) in [6.45, 7) is 0.483. The molecule has 0 spiro atoms. The van der Waals surface area contributed by atoms with Gasteiger partial charge in [0.2, 0.25) is 0 Å².